The van der Waals surface area contributed by atoms with Crippen LogP contribution in [0.5, 0.6) is 0 Å². The molecule has 12 heteroatoms. The topological polar surface area (TPSA) is 118 Å². The van der Waals surface area contributed by atoms with Crippen LogP contribution in [0.15, 0.2) is 29.3 Å². The number of halogens is 2. The summed E-state index contributed by atoms with van der Waals surface area (Å²) in [7, 11) is -2.43. The van der Waals surface area contributed by atoms with Gasteiger partial charge in [-0.25, -0.2) is 22.2 Å². The van der Waals surface area contributed by atoms with Crippen LogP contribution in [-0.2, 0) is 21.4 Å². The Morgan fingerprint density at radius 1 is 1.43 bits per heavy atom. The number of aryl methyl sites for hydroxylation is 1. The van der Waals surface area contributed by atoms with Crippen molar-refractivity contribution in [1.82, 2.24) is 30.3 Å². The van der Waals surface area contributed by atoms with Gasteiger partial charge in [0.2, 0.25) is 15.9 Å². The summed E-state index contributed by atoms with van der Waals surface area (Å²) in [5.41, 5.74) is 1.03. The summed E-state index contributed by atoms with van der Waals surface area (Å²) in [6.45, 7) is 2.12. The summed E-state index contributed by atoms with van der Waals surface area (Å²) >= 11 is 0. The van der Waals surface area contributed by atoms with Gasteiger partial charge in [0.05, 0.1) is 30.5 Å². The first kappa shape index (κ1) is 22.2. The Bertz CT molecular complexity index is 952. The molecule has 2 aromatic rings. The number of sulfonamides is 1. The highest BCUT2D eigenvalue weighted by Crippen LogP contribution is 2.19. The lowest BCUT2D eigenvalue weighted by Crippen LogP contribution is -2.38. The van der Waals surface area contributed by atoms with E-state index in [0.717, 1.165) is 0 Å². The number of likely N-dealkylation sites (N-methyl/N-ethyl adjacent to an activating group) is 1. The molecule has 1 saturated heterocycles. The van der Waals surface area contributed by atoms with Gasteiger partial charge < -0.3 is 10.6 Å². The Morgan fingerprint density at radius 3 is 2.86 bits per heavy atom. The van der Waals surface area contributed by atoms with Crippen LogP contribution in [0, 0.1) is 12.7 Å². The molecule has 3 N–H and O–H groups in total. The van der Waals surface area contributed by atoms with Crippen molar-refractivity contribution in [2.24, 2.45) is 0 Å². The number of hydrogen-bond acceptors (Lipinski definition) is 6. The van der Waals surface area contributed by atoms with Gasteiger partial charge in [0, 0.05) is 13.6 Å². The highest BCUT2D eigenvalue weighted by molar-refractivity contribution is 7.89. The molecule has 1 aromatic carbocycles. The molecule has 2 heterocycles. The lowest BCUT2D eigenvalue weighted by Gasteiger charge is -2.09. The number of amides is 1. The quantitative estimate of drug-likeness (QED) is 0.603. The number of nitrogens with one attached hydrogen (secondary N) is 3. The SMILES string of the molecule is CNC(=O)[C@@H]1C[C@@H](n2cc(CNS(=O)(=O)c3ccc(C)cc3F)nn2)CN1.Cl. The van der Waals surface area contributed by atoms with Crippen molar-refractivity contribution in [2.75, 3.05) is 13.6 Å². The second-order valence-corrected chi connectivity index (χ2v) is 8.15. The predicted molar refractivity (Wildman–Crippen MR) is 102 cm³/mol. The Labute approximate surface area is 168 Å². The Balaban J connectivity index is 0.00000280. The molecule has 9 nitrogen and oxygen atoms in total. The Kier molecular flexibility index (Phi) is 7.10. The average Bonchev–Trinajstić information content (AvgIpc) is 3.28. The number of aromatic nitrogens is 3. The van der Waals surface area contributed by atoms with Crippen LogP contribution in [0.25, 0.3) is 0 Å². The molecule has 3 rings (SSSR count). The van der Waals surface area contributed by atoms with Gasteiger partial charge in [-0.2, -0.15) is 0 Å². The largest absolute Gasteiger partial charge is 0.358 e. The van der Waals surface area contributed by atoms with Gasteiger partial charge in [-0.1, -0.05) is 11.3 Å². The fourth-order valence-electron chi connectivity index (χ4n) is 2.94. The second kappa shape index (κ2) is 8.95. The first-order valence-electron chi connectivity index (χ1n) is 8.41. The van der Waals surface area contributed by atoms with Crippen LogP contribution in [-0.4, -0.2) is 49.0 Å². The second-order valence-electron chi connectivity index (χ2n) is 6.41. The molecule has 1 aliphatic rings. The molecule has 154 valence electrons. The van der Waals surface area contributed by atoms with Crippen molar-refractivity contribution in [2.45, 2.75) is 36.9 Å². The zero-order chi connectivity index (χ0) is 19.6. The number of benzene rings is 1. The van der Waals surface area contributed by atoms with E-state index in [1.165, 1.54) is 18.2 Å². The molecular formula is C16H22ClFN6O3S. The molecule has 0 spiro atoms. The highest BCUT2D eigenvalue weighted by atomic mass is 35.5. The number of hydrogen-bond donors (Lipinski definition) is 3. The van der Waals surface area contributed by atoms with Crippen LogP contribution in [0.4, 0.5) is 4.39 Å². The molecule has 1 fully saturated rings. The molecule has 1 aliphatic heterocycles. The first-order valence-corrected chi connectivity index (χ1v) is 9.90. The summed E-state index contributed by atoms with van der Waals surface area (Å²) in [6, 6.07) is 3.58. The Hall–Kier alpha value is -2.08. The predicted octanol–water partition coefficient (Wildman–Crippen LogP) is 0.275. The van der Waals surface area contributed by atoms with E-state index in [2.05, 4.69) is 25.7 Å². The smallest absolute Gasteiger partial charge is 0.243 e. The minimum atomic E-state index is -4.01. The maximum absolute atomic E-state index is 13.9. The maximum Gasteiger partial charge on any atom is 0.243 e. The molecular weight excluding hydrogens is 411 g/mol. The van der Waals surface area contributed by atoms with Gasteiger partial charge >= 0.3 is 0 Å². The van der Waals surface area contributed by atoms with E-state index in [9.17, 15) is 17.6 Å². The van der Waals surface area contributed by atoms with Crippen LogP contribution < -0.4 is 15.4 Å². The Morgan fingerprint density at radius 2 is 2.18 bits per heavy atom. The molecule has 1 amide bonds. The highest BCUT2D eigenvalue weighted by Gasteiger charge is 2.30. The van der Waals surface area contributed by atoms with Gasteiger partial charge in [-0.05, 0) is 31.0 Å². The van der Waals surface area contributed by atoms with E-state index in [1.807, 2.05) is 0 Å². The van der Waals surface area contributed by atoms with Crippen LogP contribution in [0.3, 0.4) is 0 Å². The van der Waals surface area contributed by atoms with Gasteiger partial charge in [0.15, 0.2) is 0 Å². The van der Waals surface area contributed by atoms with Crippen molar-refractivity contribution in [3.05, 3.63) is 41.5 Å². The number of carbonyl (C=O) groups is 1. The molecule has 0 saturated carbocycles. The van der Waals surface area contributed by atoms with E-state index in [0.29, 0.717) is 24.2 Å². The zero-order valence-corrected chi connectivity index (χ0v) is 17.0. The average molecular weight is 433 g/mol. The normalized spacial score (nSPS) is 19.2. The third-order valence-corrected chi connectivity index (χ3v) is 5.86. The molecule has 0 radical (unpaired) electrons. The lowest BCUT2D eigenvalue weighted by molar-refractivity contribution is -0.122. The maximum atomic E-state index is 13.9. The fourth-order valence-corrected chi connectivity index (χ4v) is 3.99. The summed E-state index contributed by atoms with van der Waals surface area (Å²) in [4.78, 5) is 11.3. The fraction of sp³-hybridized carbons (Fsp3) is 0.438. The number of carbonyl (C=O) groups excluding carboxylic acids is 1. The van der Waals surface area contributed by atoms with Crippen molar-refractivity contribution in [3.63, 3.8) is 0 Å². The monoisotopic (exact) mass is 432 g/mol. The third kappa shape index (κ3) is 4.85. The standard InChI is InChI=1S/C16H21FN6O3S.ClH/c1-10-3-4-15(13(17)5-10)27(25,26)20-7-11-9-23(22-21-11)12-6-14(19-8-12)16(24)18-2;/h3-5,9,12,14,19-20H,6-8H2,1-2H3,(H,18,24);1H/t12-,14+;/m1./s1. The molecule has 0 unspecified atom stereocenters. The van der Waals surface area contributed by atoms with Gasteiger partial charge in [-0.15, -0.1) is 17.5 Å². The molecule has 0 aliphatic carbocycles. The minimum absolute atomic E-state index is 0. The molecule has 2 atom stereocenters. The molecule has 0 bridgehead atoms. The van der Waals surface area contributed by atoms with Crippen LogP contribution in [0.1, 0.15) is 23.7 Å². The summed E-state index contributed by atoms with van der Waals surface area (Å²) in [5, 5.41) is 13.6. The summed E-state index contributed by atoms with van der Waals surface area (Å²) in [6.07, 6.45) is 2.18. The first-order chi connectivity index (χ1) is 12.8. The molecule has 1 aromatic heterocycles. The van der Waals surface area contributed by atoms with Gasteiger partial charge in [0.1, 0.15) is 10.7 Å². The van der Waals surface area contributed by atoms with Crippen molar-refractivity contribution < 1.29 is 17.6 Å². The van der Waals surface area contributed by atoms with Gasteiger partial charge in [0.25, 0.3) is 0 Å². The van der Waals surface area contributed by atoms with Gasteiger partial charge in [-0.3, -0.25) is 4.79 Å². The van der Waals surface area contributed by atoms with E-state index >= 15 is 0 Å². The number of rotatable bonds is 6. The molecule has 28 heavy (non-hydrogen) atoms. The zero-order valence-electron chi connectivity index (χ0n) is 15.3. The van der Waals surface area contributed by atoms with Crippen molar-refractivity contribution >= 4 is 28.3 Å². The van der Waals surface area contributed by atoms with Crippen LogP contribution in [0.2, 0.25) is 0 Å². The minimum Gasteiger partial charge on any atom is -0.358 e. The van der Waals surface area contributed by atoms with E-state index < -0.39 is 20.7 Å². The summed E-state index contributed by atoms with van der Waals surface area (Å²) < 4.78 is 42.4. The van der Waals surface area contributed by atoms with E-state index in [4.69, 9.17) is 0 Å². The lowest BCUT2D eigenvalue weighted by atomic mass is 10.1. The summed E-state index contributed by atoms with van der Waals surface area (Å²) in [5.74, 6) is -0.894. The van der Waals surface area contributed by atoms with Crippen molar-refractivity contribution in [3.8, 4) is 0 Å². The van der Waals surface area contributed by atoms with E-state index in [1.54, 1.807) is 24.9 Å². The number of nitrogens with zero attached hydrogens (tertiary/aromatic N) is 3. The van der Waals surface area contributed by atoms with Crippen molar-refractivity contribution in [1.29, 1.82) is 0 Å². The van der Waals surface area contributed by atoms with E-state index in [-0.39, 0.29) is 36.9 Å². The third-order valence-electron chi connectivity index (χ3n) is 4.42. The van der Waals surface area contributed by atoms with Crippen LogP contribution >= 0.6 is 12.4 Å².